The lowest BCUT2D eigenvalue weighted by Crippen LogP contribution is -2.43. The van der Waals surface area contributed by atoms with Gasteiger partial charge in [-0.1, -0.05) is 44.2 Å². The van der Waals surface area contributed by atoms with Gasteiger partial charge in [0.1, 0.15) is 5.75 Å². The van der Waals surface area contributed by atoms with Gasteiger partial charge in [-0.2, -0.15) is 0 Å². The zero-order chi connectivity index (χ0) is 16.7. The summed E-state index contributed by atoms with van der Waals surface area (Å²) in [6.45, 7) is 2.44. The molecule has 1 aliphatic carbocycles. The van der Waals surface area contributed by atoms with Gasteiger partial charge in [0.05, 0.1) is 12.1 Å². The van der Waals surface area contributed by atoms with Crippen molar-refractivity contribution in [1.29, 1.82) is 0 Å². The fourth-order valence-electron chi connectivity index (χ4n) is 3.16. The molecule has 0 aliphatic heterocycles. The minimum Gasteiger partial charge on any atom is -0.508 e. The molecule has 0 spiro atoms. The third-order valence-electron chi connectivity index (χ3n) is 4.63. The van der Waals surface area contributed by atoms with Crippen molar-refractivity contribution in [3.05, 3.63) is 29.8 Å². The van der Waals surface area contributed by atoms with Crippen LogP contribution in [0.15, 0.2) is 24.3 Å². The Bertz CT molecular complexity index is 484. The van der Waals surface area contributed by atoms with E-state index in [4.69, 9.17) is 0 Å². The molecule has 0 bridgehead atoms. The highest BCUT2D eigenvalue weighted by atomic mass is 16.3. The molecule has 0 aromatic heterocycles. The van der Waals surface area contributed by atoms with Crippen LogP contribution >= 0.6 is 0 Å². The third-order valence-corrected chi connectivity index (χ3v) is 4.63. The largest absolute Gasteiger partial charge is 0.508 e. The summed E-state index contributed by atoms with van der Waals surface area (Å²) in [4.78, 5) is 11.9. The average Bonchev–Trinajstić information content (AvgIpc) is 2.56. The van der Waals surface area contributed by atoms with E-state index in [1.807, 2.05) is 0 Å². The molecule has 0 unspecified atom stereocenters. The van der Waals surface area contributed by atoms with Crippen molar-refractivity contribution in [2.24, 2.45) is 5.92 Å². The Kier molecular flexibility index (Phi) is 6.71. The number of hydrogen-bond acceptors (Lipinski definition) is 3. The summed E-state index contributed by atoms with van der Waals surface area (Å²) in [6.07, 6.45) is 6.75. The summed E-state index contributed by atoms with van der Waals surface area (Å²) >= 11 is 0. The smallest absolute Gasteiger partial charge is 0.315 e. The van der Waals surface area contributed by atoms with E-state index in [9.17, 15) is 15.0 Å². The van der Waals surface area contributed by atoms with E-state index in [1.54, 1.807) is 19.1 Å². The van der Waals surface area contributed by atoms with Crippen molar-refractivity contribution in [3.8, 4) is 5.75 Å². The number of aromatic hydroxyl groups is 1. The van der Waals surface area contributed by atoms with E-state index in [1.165, 1.54) is 44.2 Å². The van der Waals surface area contributed by atoms with Crippen molar-refractivity contribution < 1.29 is 15.0 Å². The van der Waals surface area contributed by atoms with Crippen LogP contribution in [0.2, 0.25) is 0 Å². The zero-order valence-corrected chi connectivity index (χ0v) is 13.8. The number of hydrogen-bond donors (Lipinski definition) is 4. The van der Waals surface area contributed by atoms with Crippen LogP contribution in [0, 0.1) is 5.92 Å². The van der Waals surface area contributed by atoms with Gasteiger partial charge in [0.25, 0.3) is 0 Å². The average molecular weight is 320 g/mol. The maximum absolute atomic E-state index is 11.9. The number of aliphatic hydroxyl groups is 1. The second-order valence-corrected chi connectivity index (χ2v) is 6.52. The van der Waals surface area contributed by atoms with Gasteiger partial charge in [0.15, 0.2) is 0 Å². The summed E-state index contributed by atoms with van der Waals surface area (Å²) in [6, 6.07) is 5.70. The Morgan fingerprint density at radius 3 is 2.52 bits per heavy atom. The fraction of sp³-hybridized carbons (Fsp3) is 0.611. The lowest BCUT2D eigenvalue weighted by Gasteiger charge is -2.23. The van der Waals surface area contributed by atoms with Crippen molar-refractivity contribution in [2.45, 2.75) is 57.6 Å². The molecule has 0 saturated heterocycles. The van der Waals surface area contributed by atoms with Gasteiger partial charge in [-0.05, 0) is 37.0 Å². The molecule has 5 nitrogen and oxygen atoms in total. The van der Waals surface area contributed by atoms with E-state index >= 15 is 0 Å². The highest BCUT2D eigenvalue weighted by Crippen LogP contribution is 2.25. The number of nitrogens with one attached hydrogen (secondary N) is 2. The van der Waals surface area contributed by atoms with Crippen LogP contribution in [0.4, 0.5) is 4.79 Å². The molecule has 2 amide bonds. The van der Waals surface area contributed by atoms with Crippen LogP contribution in [0.25, 0.3) is 0 Å². The van der Waals surface area contributed by atoms with Gasteiger partial charge in [-0.25, -0.2) is 4.79 Å². The second-order valence-electron chi connectivity index (χ2n) is 6.52. The van der Waals surface area contributed by atoms with E-state index in [-0.39, 0.29) is 11.8 Å². The van der Waals surface area contributed by atoms with Gasteiger partial charge >= 0.3 is 6.03 Å². The number of phenols is 1. The first-order chi connectivity index (χ1) is 11.1. The molecular formula is C18H28N2O3. The summed E-state index contributed by atoms with van der Waals surface area (Å²) in [5.74, 6) is 0.895. The molecule has 1 aromatic rings. The molecule has 1 aromatic carbocycles. The van der Waals surface area contributed by atoms with Crippen LogP contribution in [-0.2, 0) is 0 Å². The number of phenolic OH excluding ortho intramolecular Hbond substituents is 1. The second kappa shape index (κ2) is 8.77. The molecule has 128 valence electrons. The lowest BCUT2D eigenvalue weighted by molar-refractivity contribution is 0.137. The normalized spacial score (nSPS) is 18.2. The van der Waals surface area contributed by atoms with Gasteiger partial charge in [0, 0.05) is 6.54 Å². The topological polar surface area (TPSA) is 81.6 Å². The number of rotatable bonds is 6. The van der Waals surface area contributed by atoms with Gasteiger partial charge < -0.3 is 20.8 Å². The summed E-state index contributed by atoms with van der Waals surface area (Å²) in [5, 5.41) is 25.1. The first-order valence-corrected chi connectivity index (χ1v) is 8.57. The highest BCUT2D eigenvalue weighted by Gasteiger charge is 2.19. The maximum Gasteiger partial charge on any atom is 0.315 e. The zero-order valence-electron chi connectivity index (χ0n) is 13.8. The van der Waals surface area contributed by atoms with E-state index in [2.05, 4.69) is 10.6 Å². The first-order valence-electron chi connectivity index (χ1n) is 8.57. The quantitative estimate of drug-likeness (QED) is 0.650. The number of carbonyl (C=O) groups excluding carboxylic acids is 1. The van der Waals surface area contributed by atoms with E-state index < -0.39 is 12.1 Å². The Morgan fingerprint density at radius 2 is 1.87 bits per heavy atom. The van der Waals surface area contributed by atoms with Crippen LogP contribution in [-0.4, -0.2) is 28.8 Å². The monoisotopic (exact) mass is 320 g/mol. The summed E-state index contributed by atoms with van der Waals surface area (Å²) in [7, 11) is 0. The van der Waals surface area contributed by atoms with Crippen molar-refractivity contribution in [1.82, 2.24) is 10.6 Å². The molecule has 4 N–H and O–H groups in total. The first kappa shape index (κ1) is 17.6. The molecule has 1 aliphatic rings. The van der Waals surface area contributed by atoms with Crippen LogP contribution in [0.3, 0.4) is 0 Å². The van der Waals surface area contributed by atoms with Crippen LogP contribution in [0.1, 0.15) is 57.1 Å². The van der Waals surface area contributed by atoms with Gasteiger partial charge in [-0.15, -0.1) is 0 Å². The van der Waals surface area contributed by atoms with E-state index in [0.717, 1.165) is 12.3 Å². The molecule has 5 heteroatoms. The van der Waals surface area contributed by atoms with Crippen molar-refractivity contribution in [3.63, 3.8) is 0 Å². The molecule has 0 radical (unpaired) electrons. The number of carbonyl (C=O) groups is 1. The summed E-state index contributed by atoms with van der Waals surface area (Å²) in [5.41, 5.74) is 0.665. The molecule has 1 fully saturated rings. The van der Waals surface area contributed by atoms with Gasteiger partial charge in [0.2, 0.25) is 0 Å². The number of aliphatic hydroxyl groups excluding tert-OH is 1. The van der Waals surface area contributed by atoms with Crippen LogP contribution in [0.5, 0.6) is 5.75 Å². The number of benzene rings is 1. The minimum atomic E-state index is -0.806. The summed E-state index contributed by atoms with van der Waals surface area (Å²) < 4.78 is 0. The van der Waals surface area contributed by atoms with Crippen LogP contribution < -0.4 is 10.6 Å². The predicted octanol–water partition coefficient (Wildman–Crippen LogP) is 3.08. The van der Waals surface area contributed by atoms with Crippen molar-refractivity contribution in [2.75, 3.05) is 6.54 Å². The maximum atomic E-state index is 11.9. The molecule has 23 heavy (non-hydrogen) atoms. The molecule has 1 saturated carbocycles. The minimum absolute atomic E-state index is 0.155. The Morgan fingerprint density at radius 1 is 1.22 bits per heavy atom. The SMILES string of the molecule is C[C@H](NC(=O)NCCC1CCCCC1)[C@H](O)c1ccc(O)cc1. The fourth-order valence-corrected chi connectivity index (χ4v) is 3.16. The number of urea groups is 1. The van der Waals surface area contributed by atoms with Gasteiger partial charge in [-0.3, -0.25) is 0 Å². The number of amides is 2. The molecular weight excluding hydrogens is 292 g/mol. The third kappa shape index (κ3) is 5.75. The lowest BCUT2D eigenvalue weighted by atomic mass is 9.87. The standard InChI is InChI=1S/C18H28N2O3/c1-13(17(22)15-7-9-16(21)10-8-15)20-18(23)19-12-11-14-5-3-2-4-6-14/h7-10,13-14,17,21-22H,2-6,11-12H2,1H3,(H2,19,20,23)/t13-,17-/m0/s1. The van der Waals surface area contributed by atoms with E-state index in [0.29, 0.717) is 12.1 Å². The Labute approximate surface area is 138 Å². The molecule has 2 rings (SSSR count). The predicted molar refractivity (Wildman–Crippen MR) is 90.3 cm³/mol. The molecule has 2 atom stereocenters. The molecule has 0 heterocycles. The van der Waals surface area contributed by atoms with Crippen molar-refractivity contribution >= 4 is 6.03 Å². The highest BCUT2D eigenvalue weighted by molar-refractivity contribution is 5.74. The Balaban J connectivity index is 1.70. The Hall–Kier alpha value is -1.75.